The molecule has 0 radical (unpaired) electrons. The van der Waals surface area contributed by atoms with Gasteiger partial charge >= 0.3 is 0 Å². The first-order valence-corrected chi connectivity index (χ1v) is 8.18. The van der Waals surface area contributed by atoms with E-state index in [1.165, 1.54) is 23.9 Å². The summed E-state index contributed by atoms with van der Waals surface area (Å²) in [6.45, 7) is 0. The average molecular weight is 358 g/mol. The lowest BCUT2D eigenvalue weighted by Crippen LogP contribution is -2.19. The minimum Gasteiger partial charge on any atom is -0.497 e. The average Bonchev–Trinajstić information content (AvgIpc) is 2.96. The molecule has 0 aliphatic carbocycles. The summed E-state index contributed by atoms with van der Waals surface area (Å²) in [6.07, 6.45) is 1.69. The maximum Gasteiger partial charge on any atom is 0.264 e. The van der Waals surface area contributed by atoms with Gasteiger partial charge in [0.1, 0.15) is 23.0 Å². The Balaban J connectivity index is 1.85. The van der Waals surface area contributed by atoms with Gasteiger partial charge in [-0.1, -0.05) is 12.1 Å². The molecule has 1 amide bonds. The topological polar surface area (TPSA) is 59.9 Å². The van der Waals surface area contributed by atoms with Gasteiger partial charge in [-0.05, 0) is 47.7 Å². The van der Waals surface area contributed by atoms with Crippen LogP contribution in [-0.4, -0.2) is 25.3 Å². The van der Waals surface area contributed by atoms with Crippen LogP contribution in [0, 0.1) is 5.82 Å². The lowest BCUT2D eigenvalue weighted by atomic mass is 10.2. The number of nitrogens with one attached hydrogen (secondary N) is 1. The van der Waals surface area contributed by atoms with Gasteiger partial charge in [0.05, 0.1) is 19.1 Å². The van der Waals surface area contributed by atoms with E-state index in [0.29, 0.717) is 27.3 Å². The highest BCUT2D eigenvalue weighted by atomic mass is 32.2. The number of hydrogen-bond acceptors (Lipinski definition) is 5. The van der Waals surface area contributed by atoms with E-state index in [-0.39, 0.29) is 11.7 Å². The number of nitrogens with zero attached hydrogens (tertiary/aromatic N) is 1. The van der Waals surface area contributed by atoms with Crippen LogP contribution in [0.4, 0.5) is 10.1 Å². The highest BCUT2D eigenvalue weighted by Crippen LogP contribution is 2.34. The molecular weight excluding hydrogens is 343 g/mol. The lowest BCUT2D eigenvalue weighted by Gasteiger charge is -2.07. The van der Waals surface area contributed by atoms with E-state index in [2.05, 4.69) is 10.3 Å². The van der Waals surface area contributed by atoms with Crippen molar-refractivity contribution in [2.75, 3.05) is 14.2 Å². The number of amidine groups is 1. The Kier molecular flexibility index (Phi) is 5.04. The number of methoxy groups -OCH3 is 2. The summed E-state index contributed by atoms with van der Waals surface area (Å²) in [6, 6.07) is 11.1. The molecule has 0 bridgehead atoms. The van der Waals surface area contributed by atoms with Gasteiger partial charge in [-0.2, -0.15) is 0 Å². The predicted molar refractivity (Wildman–Crippen MR) is 96.8 cm³/mol. The van der Waals surface area contributed by atoms with Crippen LogP contribution in [0.25, 0.3) is 6.08 Å². The number of halogens is 1. The number of rotatable bonds is 4. The van der Waals surface area contributed by atoms with Gasteiger partial charge in [0, 0.05) is 6.07 Å². The molecule has 0 aromatic heterocycles. The standard InChI is InChI=1S/C18H15FN2O3S/c1-23-13-7-8-14(15(10-13)24-2)20-18-21-17(22)16(25-18)9-11-3-5-12(19)6-4-11/h3-10H,1-2H3,(H,20,21,22). The molecule has 0 unspecified atom stereocenters. The third-order valence-corrected chi connectivity index (χ3v) is 4.34. The number of hydrogen-bond donors (Lipinski definition) is 1. The molecular formula is C18H15FN2O3S. The van der Waals surface area contributed by atoms with Gasteiger partial charge in [0.25, 0.3) is 5.91 Å². The molecule has 1 saturated heterocycles. The van der Waals surface area contributed by atoms with Crippen LogP contribution in [0.15, 0.2) is 52.4 Å². The number of ether oxygens (including phenoxy) is 2. The van der Waals surface area contributed by atoms with Crippen molar-refractivity contribution in [2.24, 2.45) is 4.99 Å². The van der Waals surface area contributed by atoms with Crippen LogP contribution in [0.1, 0.15) is 5.56 Å². The van der Waals surface area contributed by atoms with Crippen molar-refractivity contribution in [1.82, 2.24) is 5.32 Å². The molecule has 1 aliphatic rings. The number of carbonyl (C=O) groups excluding carboxylic acids is 1. The molecule has 1 heterocycles. The minimum atomic E-state index is -0.320. The minimum absolute atomic E-state index is 0.249. The molecule has 2 aromatic rings. The van der Waals surface area contributed by atoms with Crippen molar-refractivity contribution in [3.63, 3.8) is 0 Å². The predicted octanol–water partition coefficient (Wildman–Crippen LogP) is 3.73. The van der Waals surface area contributed by atoms with Gasteiger partial charge in [0.15, 0.2) is 5.17 Å². The largest absolute Gasteiger partial charge is 0.497 e. The Labute approximate surface area is 148 Å². The lowest BCUT2D eigenvalue weighted by molar-refractivity contribution is -0.115. The molecule has 1 aliphatic heterocycles. The molecule has 1 N–H and O–H groups in total. The molecule has 0 saturated carbocycles. The Morgan fingerprint density at radius 2 is 1.88 bits per heavy atom. The zero-order chi connectivity index (χ0) is 17.8. The summed E-state index contributed by atoms with van der Waals surface area (Å²) in [5.41, 5.74) is 1.32. The Hall–Kier alpha value is -2.80. The highest BCUT2D eigenvalue weighted by Gasteiger charge is 2.24. The molecule has 5 nitrogen and oxygen atoms in total. The summed E-state index contributed by atoms with van der Waals surface area (Å²) in [4.78, 5) is 17.0. The van der Waals surface area contributed by atoms with E-state index < -0.39 is 0 Å². The van der Waals surface area contributed by atoms with E-state index in [9.17, 15) is 9.18 Å². The normalized spacial score (nSPS) is 17.0. The quantitative estimate of drug-likeness (QED) is 0.846. The van der Waals surface area contributed by atoms with Crippen molar-refractivity contribution < 1.29 is 18.7 Å². The summed E-state index contributed by atoms with van der Waals surface area (Å²) >= 11 is 1.21. The second-order valence-corrected chi connectivity index (χ2v) is 6.10. The van der Waals surface area contributed by atoms with E-state index in [0.717, 1.165) is 5.56 Å². The second kappa shape index (κ2) is 7.40. The van der Waals surface area contributed by atoms with Gasteiger partial charge in [-0.15, -0.1) is 0 Å². The van der Waals surface area contributed by atoms with E-state index in [4.69, 9.17) is 9.47 Å². The summed E-state index contributed by atoms with van der Waals surface area (Å²) in [5.74, 6) is 0.624. The monoisotopic (exact) mass is 358 g/mol. The molecule has 7 heteroatoms. The summed E-state index contributed by atoms with van der Waals surface area (Å²) in [7, 11) is 3.11. The van der Waals surface area contributed by atoms with Crippen LogP contribution in [0.5, 0.6) is 11.5 Å². The van der Waals surface area contributed by atoms with Crippen molar-refractivity contribution in [3.05, 3.63) is 58.8 Å². The molecule has 0 spiro atoms. The molecule has 0 atom stereocenters. The van der Waals surface area contributed by atoms with Crippen molar-refractivity contribution >= 4 is 34.6 Å². The maximum absolute atomic E-state index is 13.0. The molecule has 1 fully saturated rings. The number of aliphatic imine (C=N–C) groups is 1. The SMILES string of the molecule is COc1ccc(N=C2NC(=O)C(=Cc3ccc(F)cc3)S2)c(OC)c1. The summed E-state index contributed by atoms with van der Waals surface area (Å²) < 4.78 is 23.4. The van der Waals surface area contributed by atoms with Crippen LogP contribution in [-0.2, 0) is 4.79 Å². The fraction of sp³-hybridized carbons (Fsp3) is 0.111. The maximum atomic E-state index is 13.0. The number of amides is 1. The summed E-state index contributed by atoms with van der Waals surface area (Å²) in [5, 5.41) is 3.15. The number of carbonyl (C=O) groups is 1. The van der Waals surface area contributed by atoms with Gasteiger partial charge in [0.2, 0.25) is 0 Å². The highest BCUT2D eigenvalue weighted by molar-refractivity contribution is 8.18. The van der Waals surface area contributed by atoms with Crippen molar-refractivity contribution in [2.45, 2.75) is 0 Å². The Morgan fingerprint density at radius 3 is 2.56 bits per heavy atom. The Bertz CT molecular complexity index is 863. The van der Waals surface area contributed by atoms with E-state index in [1.54, 1.807) is 50.6 Å². The fourth-order valence-electron chi connectivity index (χ4n) is 2.18. The van der Waals surface area contributed by atoms with Crippen molar-refractivity contribution in [3.8, 4) is 11.5 Å². The zero-order valence-corrected chi connectivity index (χ0v) is 14.4. The first-order valence-electron chi connectivity index (χ1n) is 7.36. The van der Waals surface area contributed by atoms with Crippen LogP contribution in [0.2, 0.25) is 0 Å². The number of thioether (sulfide) groups is 1. The second-order valence-electron chi connectivity index (χ2n) is 5.07. The van der Waals surface area contributed by atoms with E-state index in [1.807, 2.05) is 0 Å². The van der Waals surface area contributed by atoms with Crippen LogP contribution < -0.4 is 14.8 Å². The third-order valence-electron chi connectivity index (χ3n) is 3.43. The molecule has 2 aromatic carbocycles. The molecule has 128 valence electrons. The van der Waals surface area contributed by atoms with Crippen LogP contribution >= 0.6 is 11.8 Å². The van der Waals surface area contributed by atoms with Gasteiger partial charge < -0.3 is 14.8 Å². The first-order chi connectivity index (χ1) is 12.1. The van der Waals surface area contributed by atoms with Crippen LogP contribution in [0.3, 0.4) is 0 Å². The Morgan fingerprint density at radius 1 is 1.12 bits per heavy atom. The molecule has 25 heavy (non-hydrogen) atoms. The smallest absolute Gasteiger partial charge is 0.264 e. The fourth-order valence-corrected chi connectivity index (χ4v) is 3.01. The van der Waals surface area contributed by atoms with E-state index >= 15 is 0 Å². The zero-order valence-electron chi connectivity index (χ0n) is 13.6. The third kappa shape index (κ3) is 4.00. The van der Waals surface area contributed by atoms with Gasteiger partial charge in [-0.3, -0.25) is 4.79 Å². The van der Waals surface area contributed by atoms with Gasteiger partial charge in [-0.25, -0.2) is 9.38 Å². The van der Waals surface area contributed by atoms with Crippen molar-refractivity contribution in [1.29, 1.82) is 0 Å². The number of benzene rings is 2. The molecule has 3 rings (SSSR count). The first kappa shape index (κ1) is 17.0.